The summed E-state index contributed by atoms with van der Waals surface area (Å²) in [5.74, 6) is 4.05. The topological polar surface area (TPSA) is 86.2 Å². The number of guanidine groups is 1. The number of benzene rings is 2. The number of pyridine rings is 1. The predicted molar refractivity (Wildman–Crippen MR) is 142 cm³/mol. The zero-order valence-corrected chi connectivity index (χ0v) is 21.6. The molecule has 0 saturated carbocycles. The summed E-state index contributed by atoms with van der Waals surface area (Å²) in [5.41, 5.74) is 1.96. The molecule has 0 amide bonds. The summed E-state index contributed by atoms with van der Waals surface area (Å²) in [7, 11) is 1.73. The molecule has 0 unspecified atom stereocenters. The lowest BCUT2D eigenvalue weighted by Gasteiger charge is -2.15. The summed E-state index contributed by atoms with van der Waals surface area (Å²) in [4.78, 5) is 8.73. The number of nitrogens with one attached hydrogen (secondary N) is 2. The molecule has 3 aromatic rings. The van der Waals surface area contributed by atoms with Crippen molar-refractivity contribution in [3.63, 3.8) is 0 Å². The number of nitrogens with zero attached hydrogens (tertiary/aromatic N) is 2. The van der Waals surface area contributed by atoms with Crippen molar-refractivity contribution < 1.29 is 18.9 Å². The number of fused-ring (bicyclic) bond motifs is 1. The van der Waals surface area contributed by atoms with E-state index in [9.17, 15) is 0 Å². The largest absolute Gasteiger partial charge is 0.490 e. The molecule has 0 bridgehead atoms. The van der Waals surface area contributed by atoms with E-state index >= 15 is 0 Å². The quantitative estimate of drug-likeness (QED) is 0.214. The lowest BCUT2D eigenvalue weighted by atomic mass is 10.2. The third-order valence-electron chi connectivity index (χ3n) is 4.93. The van der Waals surface area contributed by atoms with Crippen molar-refractivity contribution in [1.82, 2.24) is 15.6 Å². The van der Waals surface area contributed by atoms with Gasteiger partial charge < -0.3 is 29.6 Å². The molecule has 8 nitrogen and oxygen atoms in total. The molecule has 1 aliphatic rings. The Kier molecular flexibility index (Phi) is 9.62. The molecule has 1 aliphatic heterocycles. The summed E-state index contributed by atoms with van der Waals surface area (Å²) in [6, 6.07) is 17.3. The minimum Gasteiger partial charge on any atom is -0.490 e. The van der Waals surface area contributed by atoms with Gasteiger partial charge in [0.15, 0.2) is 29.0 Å². The van der Waals surface area contributed by atoms with E-state index in [1.165, 1.54) is 0 Å². The summed E-state index contributed by atoms with van der Waals surface area (Å²) < 4.78 is 22.7. The molecule has 9 heteroatoms. The first-order valence-corrected chi connectivity index (χ1v) is 10.9. The highest BCUT2D eigenvalue weighted by Crippen LogP contribution is 2.33. The minimum absolute atomic E-state index is 0. The van der Waals surface area contributed by atoms with Crippen LogP contribution < -0.4 is 29.6 Å². The second-order valence-corrected chi connectivity index (χ2v) is 7.33. The third-order valence-corrected chi connectivity index (χ3v) is 4.93. The Bertz CT molecular complexity index is 1110. The van der Waals surface area contributed by atoms with Crippen molar-refractivity contribution in [1.29, 1.82) is 0 Å². The van der Waals surface area contributed by atoms with Crippen LogP contribution in [0.25, 0.3) is 0 Å². The Morgan fingerprint density at radius 3 is 2.62 bits per heavy atom. The van der Waals surface area contributed by atoms with Gasteiger partial charge in [0.05, 0.1) is 6.61 Å². The van der Waals surface area contributed by atoms with Gasteiger partial charge in [-0.2, -0.15) is 0 Å². The van der Waals surface area contributed by atoms with Crippen LogP contribution in [-0.2, 0) is 13.1 Å². The molecule has 4 rings (SSSR count). The second-order valence-electron chi connectivity index (χ2n) is 7.33. The maximum Gasteiger partial charge on any atom is 0.231 e. The highest BCUT2D eigenvalue weighted by Gasteiger charge is 2.14. The number of rotatable bonds is 9. The smallest absolute Gasteiger partial charge is 0.231 e. The van der Waals surface area contributed by atoms with Crippen LogP contribution in [-0.4, -0.2) is 31.4 Å². The SMILES string of the molecule is CCCOc1ccccc1Oc1ncccc1CNC(=NC)NCc1ccc2c(c1)OCO2.I. The Hall–Kier alpha value is -3.21. The maximum absolute atomic E-state index is 6.11. The van der Waals surface area contributed by atoms with Crippen LogP contribution >= 0.6 is 24.0 Å². The van der Waals surface area contributed by atoms with Gasteiger partial charge in [0.25, 0.3) is 0 Å². The molecule has 1 aromatic heterocycles. The first-order chi connectivity index (χ1) is 16.3. The number of ether oxygens (including phenoxy) is 4. The Morgan fingerprint density at radius 2 is 1.79 bits per heavy atom. The minimum atomic E-state index is 0. The van der Waals surface area contributed by atoms with Crippen molar-refractivity contribution in [3.8, 4) is 28.9 Å². The summed E-state index contributed by atoms with van der Waals surface area (Å²) >= 11 is 0. The van der Waals surface area contributed by atoms with Crippen molar-refractivity contribution in [2.45, 2.75) is 26.4 Å². The van der Waals surface area contributed by atoms with Crippen molar-refractivity contribution in [3.05, 3.63) is 71.9 Å². The number of halogens is 1. The van der Waals surface area contributed by atoms with Gasteiger partial charge in [0.1, 0.15) is 0 Å². The molecule has 0 spiro atoms. The number of hydrogen-bond donors (Lipinski definition) is 2. The van der Waals surface area contributed by atoms with Crippen LogP contribution in [0.1, 0.15) is 24.5 Å². The van der Waals surface area contributed by atoms with Gasteiger partial charge in [-0.15, -0.1) is 24.0 Å². The predicted octanol–water partition coefficient (Wildman–Crippen LogP) is 4.87. The lowest BCUT2D eigenvalue weighted by molar-refractivity contribution is 0.174. The number of para-hydroxylation sites is 2. The van der Waals surface area contributed by atoms with E-state index in [-0.39, 0.29) is 30.8 Å². The molecule has 34 heavy (non-hydrogen) atoms. The molecule has 0 aliphatic carbocycles. The van der Waals surface area contributed by atoms with Crippen LogP contribution in [0.3, 0.4) is 0 Å². The molecule has 2 aromatic carbocycles. The van der Waals surface area contributed by atoms with Gasteiger partial charge in [0, 0.05) is 31.9 Å². The molecule has 0 fully saturated rings. The zero-order chi connectivity index (χ0) is 22.9. The lowest BCUT2D eigenvalue weighted by Crippen LogP contribution is -2.36. The number of hydrogen-bond acceptors (Lipinski definition) is 6. The second kappa shape index (κ2) is 12.9. The van der Waals surface area contributed by atoms with Gasteiger partial charge in [-0.3, -0.25) is 4.99 Å². The van der Waals surface area contributed by atoms with Crippen LogP contribution in [0.2, 0.25) is 0 Å². The first kappa shape index (κ1) is 25.4. The fourth-order valence-electron chi connectivity index (χ4n) is 3.26. The van der Waals surface area contributed by atoms with Crippen molar-refractivity contribution in [2.75, 3.05) is 20.4 Å². The molecule has 0 radical (unpaired) electrons. The van der Waals surface area contributed by atoms with E-state index in [1.54, 1.807) is 13.2 Å². The van der Waals surface area contributed by atoms with Crippen molar-refractivity contribution in [2.24, 2.45) is 4.99 Å². The Labute approximate surface area is 216 Å². The molecular formula is C25H29IN4O4. The fourth-order valence-corrected chi connectivity index (χ4v) is 3.26. The Balaban J connectivity index is 0.00000324. The fraction of sp³-hybridized carbons (Fsp3) is 0.280. The van der Waals surface area contributed by atoms with E-state index in [1.807, 2.05) is 54.6 Å². The van der Waals surface area contributed by atoms with Crippen LogP contribution in [0, 0.1) is 0 Å². The van der Waals surface area contributed by atoms with E-state index in [4.69, 9.17) is 18.9 Å². The summed E-state index contributed by atoms with van der Waals surface area (Å²) in [6.45, 7) is 4.04. The molecular weight excluding hydrogens is 547 g/mol. The van der Waals surface area contributed by atoms with Crippen LogP contribution in [0.5, 0.6) is 28.9 Å². The summed E-state index contributed by atoms with van der Waals surface area (Å²) in [6.07, 6.45) is 2.63. The van der Waals surface area contributed by atoms with Gasteiger partial charge in [-0.05, 0) is 42.3 Å². The molecule has 180 valence electrons. The molecule has 2 heterocycles. The summed E-state index contributed by atoms with van der Waals surface area (Å²) in [5, 5.41) is 6.62. The molecule has 0 saturated heterocycles. The average Bonchev–Trinajstić information content (AvgIpc) is 3.32. The normalized spacial score (nSPS) is 12.0. The van der Waals surface area contributed by atoms with Gasteiger partial charge in [0.2, 0.25) is 12.7 Å². The van der Waals surface area contributed by atoms with Crippen molar-refractivity contribution >= 4 is 29.9 Å². The van der Waals surface area contributed by atoms with E-state index in [2.05, 4.69) is 27.5 Å². The number of aliphatic imine (C=N–C) groups is 1. The molecule has 2 N–H and O–H groups in total. The number of aromatic nitrogens is 1. The van der Waals surface area contributed by atoms with E-state index in [0.717, 1.165) is 29.0 Å². The van der Waals surface area contributed by atoms with E-state index < -0.39 is 0 Å². The van der Waals surface area contributed by atoms with Gasteiger partial charge in [-0.25, -0.2) is 4.98 Å². The molecule has 0 atom stereocenters. The first-order valence-electron chi connectivity index (χ1n) is 10.9. The zero-order valence-electron chi connectivity index (χ0n) is 19.2. The Morgan fingerprint density at radius 1 is 1.00 bits per heavy atom. The standard InChI is InChI=1S/C25H28N4O4.HI/c1-3-13-30-20-8-4-5-9-22(20)33-24-19(7-6-12-27-24)16-29-25(26-2)28-15-18-10-11-21-23(14-18)32-17-31-21;/h4-12,14H,3,13,15-17H2,1-2H3,(H2,26,28,29);1H. The van der Waals surface area contributed by atoms with Crippen LogP contribution in [0.4, 0.5) is 0 Å². The highest BCUT2D eigenvalue weighted by molar-refractivity contribution is 14.0. The van der Waals surface area contributed by atoms with Crippen LogP contribution in [0.15, 0.2) is 65.8 Å². The van der Waals surface area contributed by atoms with Gasteiger partial charge in [-0.1, -0.05) is 31.2 Å². The van der Waals surface area contributed by atoms with Gasteiger partial charge >= 0.3 is 0 Å². The monoisotopic (exact) mass is 576 g/mol. The third kappa shape index (κ3) is 6.66. The maximum atomic E-state index is 6.11. The average molecular weight is 576 g/mol. The highest BCUT2D eigenvalue weighted by atomic mass is 127. The van der Waals surface area contributed by atoms with E-state index in [0.29, 0.717) is 43.0 Å².